The fourth-order valence-electron chi connectivity index (χ4n) is 3.16. The number of hydrogen-bond donors (Lipinski definition) is 1. The van der Waals surface area contributed by atoms with Crippen LogP contribution in [-0.4, -0.2) is 35.1 Å². The van der Waals surface area contributed by atoms with Crippen LogP contribution in [0.4, 0.5) is 5.69 Å². The SMILES string of the molecule is COC(=O)C1=C(C)N=C(C)C(C/C=N/O)C1c1cccc([N+](=O)[O-])c1. The van der Waals surface area contributed by atoms with E-state index >= 15 is 0 Å². The van der Waals surface area contributed by atoms with Crippen molar-refractivity contribution >= 4 is 23.6 Å². The Morgan fingerprint density at radius 3 is 2.80 bits per heavy atom. The Labute approximate surface area is 144 Å². The van der Waals surface area contributed by atoms with Gasteiger partial charge in [0.1, 0.15) is 0 Å². The lowest BCUT2D eigenvalue weighted by atomic mass is 9.74. The predicted octanol–water partition coefficient (Wildman–Crippen LogP) is 3.07. The molecule has 1 aromatic rings. The number of esters is 1. The fourth-order valence-corrected chi connectivity index (χ4v) is 3.16. The van der Waals surface area contributed by atoms with Crippen LogP contribution in [0.2, 0.25) is 0 Å². The van der Waals surface area contributed by atoms with E-state index in [-0.39, 0.29) is 11.6 Å². The number of aliphatic imine (C=N–C) groups is 1. The lowest BCUT2D eigenvalue weighted by Gasteiger charge is -2.32. The number of nitro groups is 1. The van der Waals surface area contributed by atoms with Gasteiger partial charge in [-0.2, -0.15) is 0 Å². The molecule has 2 atom stereocenters. The van der Waals surface area contributed by atoms with E-state index < -0.39 is 16.8 Å². The summed E-state index contributed by atoms with van der Waals surface area (Å²) in [6.07, 6.45) is 1.65. The smallest absolute Gasteiger partial charge is 0.336 e. The van der Waals surface area contributed by atoms with E-state index in [4.69, 9.17) is 9.94 Å². The summed E-state index contributed by atoms with van der Waals surface area (Å²) >= 11 is 0. The minimum atomic E-state index is -0.531. The average molecular weight is 345 g/mol. The predicted molar refractivity (Wildman–Crippen MR) is 92.0 cm³/mol. The molecular formula is C17H19N3O5. The summed E-state index contributed by atoms with van der Waals surface area (Å²) in [5.41, 5.74) is 2.16. The molecule has 1 heterocycles. The van der Waals surface area contributed by atoms with E-state index in [1.165, 1.54) is 25.5 Å². The van der Waals surface area contributed by atoms with Gasteiger partial charge in [0.15, 0.2) is 0 Å². The molecule has 1 aliphatic heterocycles. The van der Waals surface area contributed by atoms with Gasteiger partial charge < -0.3 is 9.94 Å². The molecule has 0 bridgehead atoms. The van der Waals surface area contributed by atoms with E-state index in [0.717, 1.165) is 5.71 Å². The highest BCUT2D eigenvalue weighted by Crippen LogP contribution is 2.41. The van der Waals surface area contributed by atoms with Crippen LogP contribution in [0.1, 0.15) is 31.7 Å². The number of benzene rings is 1. The molecule has 0 amide bonds. The third-order valence-corrected chi connectivity index (χ3v) is 4.27. The summed E-state index contributed by atoms with van der Waals surface area (Å²) in [4.78, 5) is 27.4. The molecule has 25 heavy (non-hydrogen) atoms. The first-order valence-electron chi connectivity index (χ1n) is 7.65. The van der Waals surface area contributed by atoms with Crippen molar-refractivity contribution in [3.8, 4) is 0 Å². The van der Waals surface area contributed by atoms with Crippen molar-refractivity contribution in [1.29, 1.82) is 0 Å². The maximum atomic E-state index is 12.3. The van der Waals surface area contributed by atoms with Crippen molar-refractivity contribution in [3.63, 3.8) is 0 Å². The molecule has 0 saturated carbocycles. The molecule has 8 nitrogen and oxygen atoms in total. The van der Waals surface area contributed by atoms with Gasteiger partial charge in [-0.1, -0.05) is 12.1 Å². The highest BCUT2D eigenvalue weighted by molar-refractivity contribution is 5.98. The molecule has 0 radical (unpaired) electrons. The number of hydrogen-bond acceptors (Lipinski definition) is 7. The van der Waals surface area contributed by atoms with E-state index in [0.29, 0.717) is 23.3 Å². The second-order valence-corrected chi connectivity index (χ2v) is 5.71. The Morgan fingerprint density at radius 1 is 1.48 bits per heavy atom. The molecule has 132 valence electrons. The van der Waals surface area contributed by atoms with Gasteiger partial charge >= 0.3 is 5.97 Å². The van der Waals surface area contributed by atoms with Crippen molar-refractivity contribution in [2.24, 2.45) is 16.1 Å². The van der Waals surface area contributed by atoms with Gasteiger partial charge in [0.05, 0.1) is 17.6 Å². The number of ether oxygens (including phenoxy) is 1. The van der Waals surface area contributed by atoms with Gasteiger partial charge in [0, 0.05) is 41.6 Å². The average Bonchev–Trinajstić information content (AvgIpc) is 2.59. The minimum absolute atomic E-state index is 0.0610. The van der Waals surface area contributed by atoms with Crippen LogP contribution in [0.3, 0.4) is 0 Å². The second kappa shape index (κ2) is 7.69. The summed E-state index contributed by atoms with van der Waals surface area (Å²) in [5, 5.41) is 22.9. The number of carbonyl (C=O) groups excluding carboxylic acids is 1. The Bertz CT molecular complexity index is 782. The van der Waals surface area contributed by atoms with Gasteiger partial charge in [-0.3, -0.25) is 15.1 Å². The van der Waals surface area contributed by atoms with Crippen LogP contribution in [0.25, 0.3) is 0 Å². The molecule has 1 aromatic carbocycles. The fraction of sp³-hybridized carbons (Fsp3) is 0.353. The third-order valence-electron chi connectivity index (χ3n) is 4.27. The molecule has 1 N–H and O–H groups in total. The van der Waals surface area contributed by atoms with Crippen molar-refractivity contribution in [3.05, 3.63) is 51.2 Å². The quantitative estimate of drug-likeness (QED) is 0.289. The van der Waals surface area contributed by atoms with Crippen LogP contribution in [0.15, 0.2) is 45.7 Å². The number of carbonyl (C=O) groups is 1. The van der Waals surface area contributed by atoms with Gasteiger partial charge in [-0.05, 0) is 25.8 Å². The molecule has 0 spiro atoms. The molecule has 2 rings (SSSR count). The number of allylic oxidation sites excluding steroid dienone is 1. The highest BCUT2D eigenvalue weighted by atomic mass is 16.6. The Kier molecular flexibility index (Phi) is 5.63. The van der Waals surface area contributed by atoms with E-state index in [1.54, 1.807) is 19.1 Å². The monoisotopic (exact) mass is 345 g/mol. The summed E-state index contributed by atoms with van der Waals surface area (Å²) in [6, 6.07) is 6.15. The topological polar surface area (TPSA) is 114 Å². The number of nitrogens with zero attached hydrogens (tertiary/aromatic N) is 3. The molecule has 2 unspecified atom stereocenters. The Balaban J connectivity index is 2.63. The second-order valence-electron chi connectivity index (χ2n) is 5.71. The first-order chi connectivity index (χ1) is 11.9. The van der Waals surface area contributed by atoms with Crippen LogP contribution in [0, 0.1) is 16.0 Å². The number of rotatable bonds is 5. The normalized spacial score (nSPS) is 20.5. The molecule has 0 aromatic heterocycles. The number of nitro benzene ring substituents is 1. The van der Waals surface area contributed by atoms with Gasteiger partial charge in [0.2, 0.25) is 0 Å². The minimum Gasteiger partial charge on any atom is -0.466 e. The first kappa shape index (κ1) is 18.3. The van der Waals surface area contributed by atoms with Gasteiger partial charge in [-0.25, -0.2) is 4.79 Å². The van der Waals surface area contributed by atoms with Crippen LogP contribution in [-0.2, 0) is 9.53 Å². The largest absolute Gasteiger partial charge is 0.466 e. The molecule has 0 saturated heterocycles. The van der Waals surface area contributed by atoms with Crippen LogP contribution in [0.5, 0.6) is 0 Å². The summed E-state index contributed by atoms with van der Waals surface area (Å²) in [5.74, 6) is -1.30. The zero-order valence-corrected chi connectivity index (χ0v) is 14.2. The zero-order valence-electron chi connectivity index (χ0n) is 14.2. The van der Waals surface area contributed by atoms with Gasteiger partial charge in [0.25, 0.3) is 5.69 Å². The lowest BCUT2D eigenvalue weighted by Crippen LogP contribution is -2.30. The Morgan fingerprint density at radius 2 is 2.20 bits per heavy atom. The number of oxime groups is 1. The maximum absolute atomic E-state index is 12.3. The van der Waals surface area contributed by atoms with E-state index in [2.05, 4.69) is 10.1 Å². The van der Waals surface area contributed by atoms with E-state index in [9.17, 15) is 14.9 Å². The molecule has 0 aliphatic carbocycles. The standard InChI is InChI=1S/C17H19N3O5/c1-10-14(7-8-18-22)16(15(11(2)19-10)17(21)25-3)12-5-4-6-13(9-12)20(23)24/h4-6,8-9,14,16,22H,7H2,1-3H3/b18-8+. The summed E-state index contributed by atoms with van der Waals surface area (Å²) < 4.78 is 4.89. The lowest BCUT2D eigenvalue weighted by molar-refractivity contribution is -0.384. The number of non-ortho nitro benzene ring substituents is 1. The zero-order chi connectivity index (χ0) is 18.6. The molecular weight excluding hydrogens is 326 g/mol. The molecule has 8 heteroatoms. The first-order valence-corrected chi connectivity index (χ1v) is 7.65. The van der Waals surface area contributed by atoms with Crippen LogP contribution < -0.4 is 0 Å². The third kappa shape index (κ3) is 3.73. The summed E-state index contributed by atoms with van der Waals surface area (Å²) in [7, 11) is 1.28. The highest BCUT2D eigenvalue weighted by Gasteiger charge is 2.37. The van der Waals surface area contributed by atoms with Crippen LogP contribution >= 0.6 is 0 Å². The molecule has 1 aliphatic rings. The molecule has 0 fully saturated rings. The van der Waals surface area contributed by atoms with Crippen molar-refractivity contribution in [2.45, 2.75) is 26.2 Å². The van der Waals surface area contributed by atoms with E-state index in [1.807, 2.05) is 6.92 Å². The van der Waals surface area contributed by atoms with Crippen molar-refractivity contribution in [2.75, 3.05) is 7.11 Å². The maximum Gasteiger partial charge on any atom is 0.336 e. The number of methoxy groups -OCH3 is 1. The Hall–Kier alpha value is -3.03. The van der Waals surface area contributed by atoms with Crippen molar-refractivity contribution < 1.29 is 19.7 Å². The van der Waals surface area contributed by atoms with Crippen molar-refractivity contribution in [1.82, 2.24) is 0 Å². The summed E-state index contributed by atoms with van der Waals surface area (Å²) in [6.45, 7) is 3.52. The van der Waals surface area contributed by atoms with Gasteiger partial charge in [-0.15, -0.1) is 5.16 Å².